The van der Waals surface area contributed by atoms with Crippen molar-refractivity contribution in [2.75, 3.05) is 139 Å². The quantitative estimate of drug-likeness (QED) is 0.0667. The molecule has 3 aromatic carbocycles. The minimum Gasteiger partial charge on any atom is -0.491 e. The van der Waals surface area contributed by atoms with Crippen LogP contribution in [0, 0.1) is 0 Å². The summed E-state index contributed by atoms with van der Waals surface area (Å²) in [5.41, 5.74) is 5.38. The van der Waals surface area contributed by atoms with E-state index in [4.69, 9.17) is 52.1 Å². The number of aldehydes is 1. The number of benzene rings is 3. The van der Waals surface area contributed by atoms with Crippen molar-refractivity contribution in [2.24, 2.45) is 0 Å². The minimum absolute atomic E-state index is 0.0336. The van der Waals surface area contributed by atoms with E-state index in [1.807, 2.05) is 24.3 Å². The van der Waals surface area contributed by atoms with Crippen LogP contribution in [0.15, 0.2) is 72.8 Å². The third kappa shape index (κ3) is 18.3. The number of ether oxygens (including phenoxy) is 11. The first-order valence-electron chi connectivity index (χ1n) is 19.2. The molecule has 0 radical (unpaired) electrons. The van der Waals surface area contributed by atoms with Crippen LogP contribution in [-0.4, -0.2) is 151 Å². The number of rotatable bonds is 34. The Morgan fingerprint density at radius 1 is 0.482 bits per heavy atom. The molecule has 1 aliphatic rings. The van der Waals surface area contributed by atoms with E-state index in [1.165, 1.54) is 22.3 Å². The highest BCUT2D eigenvalue weighted by atomic mass is 16.6. The van der Waals surface area contributed by atoms with Crippen molar-refractivity contribution in [3.63, 3.8) is 0 Å². The predicted molar refractivity (Wildman–Crippen MR) is 208 cm³/mol. The maximum Gasteiger partial charge on any atom is 0.407 e. The van der Waals surface area contributed by atoms with Gasteiger partial charge in [0, 0.05) is 18.0 Å². The van der Waals surface area contributed by atoms with Crippen molar-refractivity contribution >= 4 is 12.4 Å². The Hall–Kier alpha value is -3.96. The van der Waals surface area contributed by atoms with Crippen LogP contribution in [0.2, 0.25) is 0 Å². The van der Waals surface area contributed by atoms with Gasteiger partial charge >= 0.3 is 6.09 Å². The number of fused-ring (bicyclic) bond motifs is 3. The fraction of sp³-hybridized carbons (Fsp3) is 0.524. The van der Waals surface area contributed by atoms with Crippen LogP contribution in [0.1, 0.15) is 27.4 Å². The zero-order valence-electron chi connectivity index (χ0n) is 32.2. The lowest BCUT2D eigenvalue weighted by molar-refractivity contribution is -0.0253. The molecule has 1 amide bonds. The highest BCUT2D eigenvalue weighted by Gasteiger charge is 2.28. The van der Waals surface area contributed by atoms with E-state index in [1.54, 1.807) is 24.3 Å². The molecule has 0 bridgehead atoms. The molecular formula is C42H57NO13. The Morgan fingerprint density at radius 2 is 0.857 bits per heavy atom. The third-order valence-corrected chi connectivity index (χ3v) is 8.35. The average molecular weight is 784 g/mol. The van der Waals surface area contributed by atoms with Gasteiger partial charge in [-0.25, -0.2) is 4.79 Å². The van der Waals surface area contributed by atoms with Crippen LogP contribution in [0.3, 0.4) is 0 Å². The summed E-state index contributed by atoms with van der Waals surface area (Å²) in [6.45, 7) is 9.41. The fourth-order valence-corrected chi connectivity index (χ4v) is 5.60. The molecule has 0 saturated carbocycles. The molecule has 1 aliphatic carbocycles. The molecule has 1 N–H and O–H groups in total. The monoisotopic (exact) mass is 783 g/mol. The summed E-state index contributed by atoms with van der Waals surface area (Å²) < 4.78 is 60.6. The van der Waals surface area contributed by atoms with Crippen molar-refractivity contribution < 1.29 is 61.7 Å². The maximum atomic E-state index is 12.2. The number of alkyl carbamates (subject to hydrolysis) is 1. The molecule has 0 fully saturated rings. The molecular weight excluding hydrogens is 726 g/mol. The van der Waals surface area contributed by atoms with Gasteiger partial charge in [-0.2, -0.15) is 0 Å². The van der Waals surface area contributed by atoms with Crippen molar-refractivity contribution in [1.29, 1.82) is 0 Å². The minimum atomic E-state index is -0.455. The summed E-state index contributed by atoms with van der Waals surface area (Å²) in [6, 6.07) is 23.4. The lowest BCUT2D eigenvalue weighted by atomic mass is 9.98. The van der Waals surface area contributed by atoms with Gasteiger partial charge in [0.1, 0.15) is 25.2 Å². The number of carbonyl (C=O) groups excluding carboxylic acids is 2. The van der Waals surface area contributed by atoms with E-state index in [0.29, 0.717) is 143 Å². The van der Waals surface area contributed by atoms with Crippen LogP contribution >= 0.6 is 0 Å². The smallest absolute Gasteiger partial charge is 0.407 e. The summed E-state index contributed by atoms with van der Waals surface area (Å²) in [4.78, 5) is 22.9. The second kappa shape index (κ2) is 29.3. The Labute approximate surface area is 329 Å². The number of amides is 1. The van der Waals surface area contributed by atoms with Crippen LogP contribution in [0.5, 0.6) is 5.75 Å². The topological polar surface area (TPSA) is 148 Å². The molecule has 0 aromatic heterocycles. The Kier molecular flexibility index (Phi) is 23.4. The number of hydrogen-bond acceptors (Lipinski definition) is 13. The van der Waals surface area contributed by atoms with Gasteiger partial charge in [0.25, 0.3) is 0 Å². The van der Waals surface area contributed by atoms with Gasteiger partial charge in [0.05, 0.1) is 119 Å². The number of nitrogens with one attached hydrogen (secondary N) is 1. The molecule has 4 rings (SSSR count). The molecule has 56 heavy (non-hydrogen) atoms. The van der Waals surface area contributed by atoms with E-state index >= 15 is 0 Å². The molecule has 3 aromatic rings. The standard InChI is InChI=1S/C42H57NO13/c44-33-35-9-11-36(12-10-35)55-32-31-54-30-29-53-28-27-52-26-25-51-24-23-50-22-21-49-20-19-48-18-17-47-16-15-46-14-13-43-42(45)56-34-41-39-7-3-1-5-37(39)38-6-2-4-8-40(38)41/h1-12,33,41H,13-32,34H2,(H,43,45). The number of carbonyl (C=O) groups is 2. The maximum absolute atomic E-state index is 12.2. The molecule has 0 atom stereocenters. The van der Waals surface area contributed by atoms with Gasteiger partial charge in [-0.15, -0.1) is 0 Å². The molecule has 14 nitrogen and oxygen atoms in total. The van der Waals surface area contributed by atoms with Gasteiger partial charge in [0.15, 0.2) is 0 Å². The van der Waals surface area contributed by atoms with Crippen molar-refractivity contribution in [3.8, 4) is 16.9 Å². The van der Waals surface area contributed by atoms with Gasteiger partial charge in [-0.3, -0.25) is 4.79 Å². The molecule has 0 unspecified atom stereocenters. The second-order valence-corrected chi connectivity index (χ2v) is 12.3. The summed E-state index contributed by atoms with van der Waals surface area (Å²) >= 11 is 0. The zero-order chi connectivity index (χ0) is 39.1. The molecule has 0 saturated heterocycles. The fourth-order valence-electron chi connectivity index (χ4n) is 5.60. The summed E-state index contributed by atoms with van der Waals surface area (Å²) in [6.07, 6.45) is 0.341. The van der Waals surface area contributed by atoms with E-state index in [9.17, 15) is 9.59 Å². The third-order valence-electron chi connectivity index (χ3n) is 8.35. The normalized spacial score (nSPS) is 12.0. The van der Waals surface area contributed by atoms with E-state index < -0.39 is 6.09 Å². The van der Waals surface area contributed by atoms with E-state index in [-0.39, 0.29) is 12.5 Å². The van der Waals surface area contributed by atoms with Crippen molar-refractivity contribution in [2.45, 2.75) is 5.92 Å². The molecule has 0 heterocycles. The molecule has 0 aliphatic heterocycles. The van der Waals surface area contributed by atoms with Crippen LogP contribution < -0.4 is 10.1 Å². The highest BCUT2D eigenvalue weighted by molar-refractivity contribution is 5.79. The Morgan fingerprint density at radius 3 is 1.27 bits per heavy atom. The Bertz CT molecular complexity index is 1430. The van der Waals surface area contributed by atoms with Gasteiger partial charge < -0.3 is 57.4 Å². The van der Waals surface area contributed by atoms with Crippen LogP contribution in [0.4, 0.5) is 4.79 Å². The van der Waals surface area contributed by atoms with Gasteiger partial charge in [-0.1, -0.05) is 48.5 Å². The summed E-state index contributed by atoms with van der Waals surface area (Å²) in [5, 5.41) is 2.74. The Balaban J connectivity index is 0.790. The summed E-state index contributed by atoms with van der Waals surface area (Å²) in [5.74, 6) is 0.733. The second-order valence-electron chi connectivity index (χ2n) is 12.3. The van der Waals surface area contributed by atoms with E-state index in [0.717, 1.165) is 6.29 Å². The summed E-state index contributed by atoms with van der Waals surface area (Å²) in [7, 11) is 0. The molecule has 14 heteroatoms. The lowest BCUT2D eigenvalue weighted by Crippen LogP contribution is -2.29. The predicted octanol–water partition coefficient (Wildman–Crippen LogP) is 4.57. The first-order valence-corrected chi connectivity index (χ1v) is 19.2. The molecule has 0 spiro atoms. The van der Waals surface area contributed by atoms with Crippen molar-refractivity contribution in [1.82, 2.24) is 5.32 Å². The SMILES string of the molecule is O=Cc1ccc(OCCOCCOCCOCCOCCOCCOCCOCCOCCOCCNC(=O)OCC2c3ccccc3-c3ccccc32)cc1. The van der Waals surface area contributed by atoms with Gasteiger partial charge in [-0.05, 0) is 46.5 Å². The largest absolute Gasteiger partial charge is 0.491 e. The number of hydrogen-bond donors (Lipinski definition) is 1. The highest BCUT2D eigenvalue weighted by Crippen LogP contribution is 2.44. The first kappa shape index (κ1) is 44.8. The van der Waals surface area contributed by atoms with Crippen molar-refractivity contribution in [3.05, 3.63) is 89.5 Å². The van der Waals surface area contributed by atoms with Crippen LogP contribution in [0.25, 0.3) is 11.1 Å². The zero-order valence-corrected chi connectivity index (χ0v) is 32.2. The van der Waals surface area contributed by atoms with Crippen LogP contribution in [-0.2, 0) is 47.4 Å². The van der Waals surface area contributed by atoms with E-state index in [2.05, 4.69) is 29.6 Å². The molecule has 308 valence electrons. The first-order chi connectivity index (χ1) is 27.8. The average Bonchev–Trinajstić information content (AvgIpc) is 3.55. The lowest BCUT2D eigenvalue weighted by Gasteiger charge is -2.14. The van der Waals surface area contributed by atoms with Gasteiger partial charge in [0.2, 0.25) is 0 Å².